The molecular weight excluding hydrogens is 253 g/mol. The summed E-state index contributed by atoms with van der Waals surface area (Å²) >= 11 is 0. The smallest absolute Gasteiger partial charge is 0.378 e. The number of carbonyl (C=O) groups excluding carboxylic acids is 1. The number of nitrogens with zero attached hydrogens (tertiary/aromatic N) is 1. The molecule has 0 spiro atoms. The van der Waals surface area contributed by atoms with Gasteiger partial charge in [0, 0.05) is 19.6 Å². The van der Waals surface area contributed by atoms with Crippen LogP contribution in [0.1, 0.15) is 6.92 Å². The summed E-state index contributed by atoms with van der Waals surface area (Å²) in [6, 6.07) is -0.528. The highest BCUT2D eigenvalue weighted by molar-refractivity contribution is 5.81. The van der Waals surface area contributed by atoms with Gasteiger partial charge in [0.1, 0.15) is 0 Å². The molecule has 0 radical (unpaired) electrons. The maximum atomic E-state index is 11.8. The zero-order chi connectivity index (χ0) is 13.6. The zero-order valence-electron chi connectivity index (χ0n) is 10.1. The first-order valence-electron chi connectivity index (χ1n) is 5.71. The van der Waals surface area contributed by atoms with Crippen LogP contribution in [-0.2, 0) is 14.3 Å². The van der Waals surface area contributed by atoms with Crippen LogP contribution in [0, 0.1) is 0 Å². The lowest BCUT2D eigenvalue weighted by atomic mass is 10.2. The normalized spacial score (nSPS) is 18.8. The summed E-state index contributed by atoms with van der Waals surface area (Å²) in [6.45, 7) is 3.10. The molecule has 0 aromatic carbocycles. The van der Waals surface area contributed by atoms with E-state index in [1.54, 1.807) is 11.8 Å². The molecule has 1 atom stereocenters. The van der Waals surface area contributed by atoms with Crippen LogP contribution in [-0.4, -0.2) is 62.7 Å². The standard InChI is InChI=1S/C10H17F3N2O3/c1-8(14-2-5-18-10(11,12)13)9(16)15-3-6-17-7-4-15/h8,14H,2-7H2,1H3. The third-order valence-electron chi connectivity index (χ3n) is 2.51. The lowest BCUT2D eigenvalue weighted by Crippen LogP contribution is -2.49. The van der Waals surface area contributed by atoms with Crippen LogP contribution in [0.5, 0.6) is 0 Å². The molecule has 1 rings (SSSR count). The summed E-state index contributed by atoms with van der Waals surface area (Å²) < 4.78 is 43.8. The van der Waals surface area contributed by atoms with Crippen molar-refractivity contribution in [1.29, 1.82) is 0 Å². The fourth-order valence-corrected chi connectivity index (χ4v) is 1.59. The third-order valence-corrected chi connectivity index (χ3v) is 2.51. The number of carbonyl (C=O) groups is 1. The van der Waals surface area contributed by atoms with Crippen LogP contribution in [0.3, 0.4) is 0 Å². The quantitative estimate of drug-likeness (QED) is 0.733. The van der Waals surface area contributed by atoms with Crippen LogP contribution in [0.4, 0.5) is 13.2 Å². The average molecular weight is 270 g/mol. The summed E-state index contributed by atoms with van der Waals surface area (Å²) in [6.07, 6.45) is -4.63. The maximum absolute atomic E-state index is 11.8. The van der Waals surface area contributed by atoms with Gasteiger partial charge in [-0.3, -0.25) is 9.53 Å². The molecule has 18 heavy (non-hydrogen) atoms. The van der Waals surface area contributed by atoms with Crippen molar-refractivity contribution < 1.29 is 27.4 Å². The van der Waals surface area contributed by atoms with Gasteiger partial charge in [-0.05, 0) is 6.92 Å². The summed E-state index contributed by atoms with van der Waals surface area (Å²) in [5, 5.41) is 2.70. The van der Waals surface area contributed by atoms with Crippen LogP contribution < -0.4 is 5.32 Å². The van der Waals surface area contributed by atoms with E-state index in [1.807, 2.05) is 0 Å². The fourth-order valence-electron chi connectivity index (χ4n) is 1.59. The number of ether oxygens (including phenoxy) is 2. The Kier molecular flexibility index (Phi) is 5.83. The first-order valence-corrected chi connectivity index (χ1v) is 5.71. The van der Waals surface area contributed by atoms with E-state index in [2.05, 4.69) is 10.1 Å². The highest BCUT2D eigenvalue weighted by Gasteiger charge is 2.29. The van der Waals surface area contributed by atoms with Gasteiger partial charge in [0.05, 0.1) is 25.9 Å². The fraction of sp³-hybridized carbons (Fsp3) is 0.900. The predicted octanol–water partition coefficient (Wildman–Crippen LogP) is 0.360. The summed E-state index contributed by atoms with van der Waals surface area (Å²) in [4.78, 5) is 13.5. The second-order valence-corrected chi connectivity index (χ2v) is 3.91. The minimum absolute atomic E-state index is 0.0310. The zero-order valence-corrected chi connectivity index (χ0v) is 10.1. The van der Waals surface area contributed by atoms with Gasteiger partial charge in [0.25, 0.3) is 0 Å². The first-order chi connectivity index (χ1) is 8.40. The Balaban J connectivity index is 2.19. The van der Waals surface area contributed by atoms with Gasteiger partial charge >= 0.3 is 6.36 Å². The van der Waals surface area contributed by atoms with Crippen molar-refractivity contribution in [3.63, 3.8) is 0 Å². The van der Waals surface area contributed by atoms with Gasteiger partial charge in [-0.15, -0.1) is 13.2 Å². The summed E-state index contributed by atoms with van der Waals surface area (Å²) in [7, 11) is 0. The van der Waals surface area contributed by atoms with Gasteiger partial charge in [-0.2, -0.15) is 0 Å². The molecule has 0 bridgehead atoms. The predicted molar refractivity (Wildman–Crippen MR) is 56.9 cm³/mol. The molecular formula is C10H17F3N2O3. The van der Waals surface area contributed by atoms with Crippen LogP contribution in [0.15, 0.2) is 0 Å². The topological polar surface area (TPSA) is 50.8 Å². The van der Waals surface area contributed by atoms with Crippen molar-refractivity contribution in [3.05, 3.63) is 0 Å². The number of hydrogen-bond acceptors (Lipinski definition) is 4. The van der Waals surface area contributed by atoms with Crippen molar-refractivity contribution in [1.82, 2.24) is 10.2 Å². The van der Waals surface area contributed by atoms with Crippen molar-refractivity contribution in [3.8, 4) is 0 Å². The van der Waals surface area contributed by atoms with E-state index >= 15 is 0 Å². The monoisotopic (exact) mass is 270 g/mol. The van der Waals surface area contributed by atoms with E-state index in [0.717, 1.165) is 0 Å². The molecule has 5 nitrogen and oxygen atoms in total. The number of alkyl halides is 3. The Morgan fingerprint density at radius 3 is 2.61 bits per heavy atom. The number of halogens is 3. The minimum atomic E-state index is -4.63. The average Bonchev–Trinajstić information content (AvgIpc) is 2.33. The number of nitrogens with one attached hydrogen (secondary N) is 1. The van der Waals surface area contributed by atoms with Crippen LogP contribution >= 0.6 is 0 Å². The SMILES string of the molecule is CC(NCCOC(F)(F)F)C(=O)N1CCOCC1. The van der Waals surface area contributed by atoms with Crippen molar-refractivity contribution in [2.24, 2.45) is 0 Å². The molecule has 1 saturated heterocycles. The van der Waals surface area contributed by atoms with Gasteiger partial charge in [0.15, 0.2) is 0 Å². The molecule has 0 aromatic rings. The first kappa shape index (κ1) is 15.2. The largest absolute Gasteiger partial charge is 0.522 e. The maximum Gasteiger partial charge on any atom is 0.522 e. The molecule has 8 heteroatoms. The lowest BCUT2D eigenvalue weighted by molar-refractivity contribution is -0.323. The molecule has 0 aromatic heterocycles. The number of rotatable bonds is 5. The Morgan fingerprint density at radius 2 is 2.06 bits per heavy atom. The Hall–Kier alpha value is -0.860. The van der Waals surface area contributed by atoms with E-state index in [0.29, 0.717) is 26.3 Å². The van der Waals surface area contributed by atoms with Gasteiger partial charge in [-0.1, -0.05) is 0 Å². The molecule has 1 aliphatic heterocycles. The highest BCUT2D eigenvalue weighted by Crippen LogP contribution is 2.15. The molecule has 0 aliphatic carbocycles. The minimum Gasteiger partial charge on any atom is -0.378 e. The summed E-state index contributed by atoms with van der Waals surface area (Å²) in [5.74, 6) is -0.134. The van der Waals surface area contributed by atoms with E-state index < -0.39 is 19.0 Å². The van der Waals surface area contributed by atoms with E-state index in [-0.39, 0.29) is 12.5 Å². The summed E-state index contributed by atoms with van der Waals surface area (Å²) in [5.41, 5.74) is 0. The van der Waals surface area contributed by atoms with Crippen molar-refractivity contribution >= 4 is 5.91 Å². The lowest BCUT2D eigenvalue weighted by Gasteiger charge is -2.29. The van der Waals surface area contributed by atoms with Gasteiger partial charge in [0.2, 0.25) is 5.91 Å². The molecule has 1 heterocycles. The highest BCUT2D eigenvalue weighted by atomic mass is 19.4. The molecule has 1 fully saturated rings. The van der Waals surface area contributed by atoms with Gasteiger partial charge in [-0.25, -0.2) is 0 Å². The van der Waals surface area contributed by atoms with E-state index in [1.165, 1.54) is 0 Å². The molecule has 1 unspecified atom stereocenters. The van der Waals surface area contributed by atoms with E-state index in [4.69, 9.17) is 4.74 Å². The van der Waals surface area contributed by atoms with E-state index in [9.17, 15) is 18.0 Å². The molecule has 1 N–H and O–H groups in total. The second kappa shape index (κ2) is 6.91. The number of hydrogen-bond donors (Lipinski definition) is 1. The molecule has 1 aliphatic rings. The Labute approximate surface area is 103 Å². The third kappa shape index (κ3) is 5.65. The Bertz CT molecular complexity index is 268. The number of amides is 1. The van der Waals surface area contributed by atoms with Gasteiger partial charge < -0.3 is 15.0 Å². The Morgan fingerprint density at radius 1 is 1.44 bits per heavy atom. The number of morpholine rings is 1. The molecule has 106 valence electrons. The van der Waals surface area contributed by atoms with Crippen molar-refractivity contribution in [2.75, 3.05) is 39.5 Å². The molecule has 0 saturated carbocycles. The van der Waals surface area contributed by atoms with Crippen LogP contribution in [0.2, 0.25) is 0 Å². The second-order valence-electron chi connectivity index (χ2n) is 3.91. The molecule has 1 amide bonds. The van der Waals surface area contributed by atoms with Crippen molar-refractivity contribution in [2.45, 2.75) is 19.3 Å². The van der Waals surface area contributed by atoms with Crippen LogP contribution in [0.25, 0.3) is 0 Å².